The van der Waals surface area contributed by atoms with Crippen LogP contribution in [0, 0.1) is 12.7 Å². The molecule has 0 aliphatic carbocycles. The van der Waals surface area contributed by atoms with Crippen molar-refractivity contribution in [2.45, 2.75) is 32.4 Å². The van der Waals surface area contributed by atoms with Crippen molar-refractivity contribution in [3.63, 3.8) is 0 Å². The van der Waals surface area contributed by atoms with Crippen LogP contribution in [-0.2, 0) is 6.54 Å². The molecule has 1 aromatic carbocycles. The van der Waals surface area contributed by atoms with E-state index in [1.165, 1.54) is 12.1 Å². The highest BCUT2D eigenvalue weighted by atomic mass is 19.1. The number of nitrogens with one attached hydrogen (secondary N) is 2. The SMILES string of the molecule is Cc1nc([C@H]2CCCN2)ncc1C(=O)NCc1ccc(F)cc1. The van der Waals surface area contributed by atoms with Gasteiger partial charge in [0.1, 0.15) is 11.6 Å². The van der Waals surface area contributed by atoms with Crippen molar-refractivity contribution in [1.82, 2.24) is 20.6 Å². The van der Waals surface area contributed by atoms with Crippen LogP contribution in [0.25, 0.3) is 0 Å². The predicted octanol–water partition coefficient (Wildman–Crippen LogP) is 2.28. The average molecular weight is 314 g/mol. The van der Waals surface area contributed by atoms with Gasteiger partial charge in [-0.3, -0.25) is 4.79 Å². The van der Waals surface area contributed by atoms with E-state index in [-0.39, 0.29) is 17.8 Å². The lowest BCUT2D eigenvalue weighted by molar-refractivity contribution is 0.0949. The van der Waals surface area contributed by atoms with Gasteiger partial charge in [-0.2, -0.15) is 0 Å². The number of hydrogen-bond acceptors (Lipinski definition) is 4. The van der Waals surface area contributed by atoms with Crippen molar-refractivity contribution < 1.29 is 9.18 Å². The lowest BCUT2D eigenvalue weighted by Gasteiger charge is -2.11. The van der Waals surface area contributed by atoms with E-state index in [9.17, 15) is 9.18 Å². The molecule has 1 aliphatic heterocycles. The monoisotopic (exact) mass is 314 g/mol. The molecule has 120 valence electrons. The standard InChI is InChI=1S/C17H19FN4O/c1-11-14(10-20-16(22-11)15-3-2-8-19-15)17(23)21-9-12-4-6-13(18)7-5-12/h4-7,10,15,19H,2-3,8-9H2,1H3,(H,21,23)/t15-/m1/s1. The lowest BCUT2D eigenvalue weighted by Crippen LogP contribution is -2.25. The Labute approximate surface area is 134 Å². The van der Waals surface area contributed by atoms with Crippen LogP contribution in [-0.4, -0.2) is 22.4 Å². The summed E-state index contributed by atoms with van der Waals surface area (Å²) in [6, 6.07) is 6.23. The molecule has 2 N–H and O–H groups in total. The smallest absolute Gasteiger partial charge is 0.254 e. The van der Waals surface area contributed by atoms with Gasteiger partial charge >= 0.3 is 0 Å². The van der Waals surface area contributed by atoms with E-state index in [1.54, 1.807) is 18.3 Å². The zero-order chi connectivity index (χ0) is 16.2. The van der Waals surface area contributed by atoms with Crippen LogP contribution in [0.5, 0.6) is 0 Å². The summed E-state index contributed by atoms with van der Waals surface area (Å²) in [7, 11) is 0. The third kappa shape index (κ3) is 3.71. The Morgan fingerprint density at radius 1 is 1.39 bits per heavy atom. The van der Waals surface area contributed by atoms with Gasteiger partial charge in [0, 0.05) is 12.7 Å². The van der Waals surface area contributed by atoms with Gasteiger partial charge in [-0.05, 0) is 44.0 Å². The summed E-state index contributed by atoms with van der Waals surface area (Å²) in [5, 5.41) is 6.15. The van der Waals surface area contributed by atoms with Gasteiger partial charge in [0.15, 0.2) is 0 Å². The largest absolute Gasteiger partial charge is 0.348 e. The maximum absolute atomic E-state index is 12.9. The Kier molecular flexibility index (Phi) is 4.62. The second kappa shape index (κ2) is 6.83. The minimum absolute atomic E-state index is 0.185. The van der Waals surface area contributed by atoms with E-state index in [1.807, 2.05) is 6.92 Å². The van der Waals surface area contributed by atoms with Gasteiger partial charge in [0.05, 0.1) is 17.3 Å². The van der Waals surface area contributed by atoms with Crippen molar-refractivity contribution in [2.75, 3.05) is 6.54 Å². The average Bonchev–Trinajstić information content (AvgIpc) is 3.08. The fourth-order valence-corrected chi connectivity index (χ4v) is 2.66. The molecule has 1 aromatic heterocycles. The van der Waals surface area contributed by atoms with E-state index >= 15 is 0 Å². The van der Waals surface area contributed by atoms with Crippen molar-refractivity contribution in [3.05, 3.63) is 58.9 Å². The summed E-state index contributed by atoms with van der Waals surface area (Å²) in [4.78, 5) is 21.0. The molecule has 0 bridgehead atoms. The van der Waals surface area contributed by atoms with E-state index in [0.29, 0.717) is 17.8 Å². The predicted molar refractivity (Wildman–Crippen MR) is 84.3 cm³/mol. The number of amides is 1. The van der Waals surface area contributed by atoms with E-state index < -0.39 is 0 Å². The van der Waals surface area contributed by atoms with Crippen molar-refractivity contribution in [2.24, 2.45) is 0 Å². The quantitative estimate of drug-likeness (QED) is 0.908. The number of aromatic nitrogens is 2. The second-order valence-corrected chi connectivity index (χ2v) is 5.69. The summed E-state index contributed by atoms with van der Waals surface area (Å²) in [5.74, 6) is 0.230. The highest BCUT2D eigenvalue weighted by Gasteiger charge is 2.20. The molecule has 2 aromatic rings. The fraction of sp³-hybridized carbons (Fsp3) is 0.353. The molecule has 3 rings (SSSR count). The molecule has 6 heteroatoms. The molecule has 0 radical (unpaired) electrons. The molecule has 1 saturated heterocycles. The molecular formula is C17H19FN4O. The number of halogens is 1. The number of carbonyl (C=O) groups is 1. The minimum atomic E-state index is -0.291. The summed E-state index contributed by atoms with van der Waals surface area (Å²) >= 11 is 0. The first-order valence-corrected chi connectivity index (χ1v) is 7.73. The van der Waals surface area contributed by atoms with Gasteiger partial charge < -0.3 is 10.6 Å². The topological polar surface area (TPSA) is 66.9 Å². The molecule has 0 unspecified atom stereocenters. The third-order valence-corrected chi connectivity index (χ3v) is 3.98. The summed E-state index contributed by atoms with van der Waals surface area (Å²) < 4.78 is 12.9. The third-order valence-electron chi connectivity index (χ3n) is 3.98. The van der Waals surface area contributed by atoms with Crippen LogP contribution in [0.1, 0.15) is 46.3 Å². The summed E-state index contributed by atoms with van der Waals surface area (Å²) in [6.07, 6.45) is 3.72. The van der Waals surface area contributed by atoms with Crippen LogP contribution >= 0.6 is 0 Å². The highest BCUT2D eigenvalue weighted by Crippen LogP contribution is 2.20. The van der Waals surface area contributed by atoms with Crippen LogP contribution in [0.4, 0.5) is 4.39 Å². The fourth-order valence-electron chi connectivity index (χ4n) is 2.66. The van der Waals surface area contributed by atoms with E-state index in [0.717, 1.165) is 30.8 Å². The molecule has 0 saturated carbocycles. The molecule has 5 nitrogen and oxygen atoms in total. The summed E-state index contributed by atoms with van der Waals surface area (Å²) in [5.41, 5.74) is 1.97. The first kappa shape index (κ1) is 15.6. The Morgan fingerprint density at radius 2 is 2.17 bits per heavy atom. The van der Waals surface area contributed by atoms with Crippen LogP contribution in [0.3, 0.4) is 0 Å². The van der Waals surface area contributed by atoms with Gasteiger partial charge in [0.25, 0.3) is 5.91 Å². The summed E-state index contributed by atoms with van der Waals surface area (Å²) in [6.45, 7) is 3.13. The number of benzene rings is 1. The van der Waals surface area contributed by atoms with Crippen molar-refractivity contribution in [3.8, 4) is 0 Å². The number of carbonyl (C=O) groups excluding carboxylic acids is 1. The number of rotatable bonds is 4. The molecule has 2 heterocycles. The lowest BCUT2D eigenvalue weighted by atomic mass is 10.1. The van der Waals surface area contributed by atoms with Crippen molar-refractivity contribution in [1.29, 1.82) is 0 Å². The van der Waals surface area contributed by atoms with E-state index in [4.69, 9.17) is 0 Å². The molecule has 1 atom stereocenters. The highest BCUT2D eigenvalue weighted by molar-refractivity contribution is 5.94. The molecular weight excluding hydrogens is 295 g/mol. The molecule has 1 fully saturated rings. The molecule has 23 heavy (non-hydrogen) atoms. The first-order chi connectivity index (χ1) is 11.1. The number of hydrogen-bond donors (Lipinski definition) is 2. The zero-order valence-electron chi connectivity index (χ0n) is 13.0. The molecule has 0 spiro atoms. The first-order valence-electron chi connectivity index (χ1n) is 7.73. The van der Waals surface area contributed by atoms with E-state index in [2.05, 4.69) is 20.6 Å². The maximum Gasteiger partial charge on any atom is 0.254 e. The number of nitrogens with zero attached hydrogens (tertiary/aromatic N) is 2. The Hall–Kier alpha value is -2.34. The van der Waals surface area contributed by atoms with Crippen LogP contribution < -0.4 is 10.6 Å². The maximum atomic E-state index is 12.9. The van der Waals surface area contributed by atoms with Gasteiger partial charge in [0.2, 0.25) is 0 Å². The molecule has 1 aliphatic rings. The Bertz CT molecular complexity index is 696. The number of aryl methyl sites for hydroxylation is 1. The van der Waals surface area contributed by atoms with Crippen molar-refractivity contribution >= 4 is 5.91 Å². The van der Waals surface area contributed by atoms with Crippen LogP contribution in [0.15, 0.2) is 30.5 Å². The Balaban J connectivity index is 1.65. The van der Waals surface area contributed by atoms with Crippen LogP contribution in [0.2, 0.25) is 0 Å². The van der Waals surface area contributed by atoms with Gasteiger partial charge in [-0.25, -0.2) is 14.4 Å². The Morgan fingerprint density at radius 3 is 2.83 bits per heavy atom. The second-order valence-electron chi connectivity index (χ2n) is 5.69. The zero-order valence-corrected chi connectivity index (χ0v) is 13.0. The minimum Gasteiger partial charge on any atom is -0.348 e. The van der Waals surface area contributed by atoms with Gasteiger partial charge in [-0.15, -0.1) is 0 Å². The van der Waals surface area contributed by atoms with Gasteiger partial charge in [-0.1, -0.05) is 12.1 Å². The molecule has 1 amide bonds. The normalized spacial score (nSPS) is 17.2.